The summed E-state index contributed by atoms with van der Waals surface area (Å²) in [5.74, 6) is -0.737. The van der Waals surface area contributed by atoms with Crippen LogP contribution in [0.2, 0.25) is 0 Å². The molecule has 0 fully saturated rings. The number of nitrogens with one attached hydrogen (secondary N) is 1. The van der Waals surface area contributed by atoms with Crippen LogP contribution in [-0.2, 0) is 10.0 Å². The molecule has 2 rings (SSSR count). The van der Waals surface area contributed by atoms with E-state index < -0.39 is 15.9 Å². The molecule has 0 saturated carbocycles. The fourth-order valence-electron chi connectivity index (χ4n) is 1.94. The summed E-state index contributed by atoms with van der Waals surface area (Å²) >= 11 is 0. The van der Waals surface area contributed by atoms with Gasteiger partial charge in [-0.2, -0.15) is 0 Å². The van der Waals surface area contributed by atoms with Gasteiger partial charge in [-0.3, -0.25) is 4.79 Å². The highest BCUT2D eigenvalue weighted by atomic mass is 32.2. The molecule has 7 heteroatoms. The van der Waals surface area contributed by atoms with E-state index in [1.807, 2.05) is 4.72 Å². The fourth-order valence-corrected chi connectivity index (χ4v) is 3.17. The lowest BCUT2D eigenvalue weighted by Crippen LogP contribution is -2.31. The minimum Gasteiger partial charge on any atom is -0.508 e. The number of para-hydroxylation sites is 1. The average molecular weight is 321 g/mol. The summed E-state index contributed by atoms with van der Waals surface area (Å²) in [6.45, 7) is 1.57. The normalized spacial score (nSPS) is 11.0. The van der Waals surface area contributed by atoms with E-state index in [2.05, 4.69) is 0 Å². The van der Waals surface area contributed by atoms with Crippen molar-refractivity contribution in [2.24, 2.45) is 0 Å². The smallest absolute Gasteiger partial charge is 0.268 e. The summed E-state index contributed by atoms with van der Waals surface area (Å²) in [6.07, 6.45) is 0. The molecule has 0 atom stereocenters. The van der Waals surface area contributed by atoms with Crippen LogP contribution in [0.3, 0.4) is 0 Å². The Hall–Kier alpha value is -2.54. The Morgan fingerprint density at radius 1 is 1.18 bits per heavy atom. The third-order valence-electron chi connectivity index (χ3n) is 3.04. The lowest BCUT2D eigenvalue weighted by atomic mass is 10.2. The molecule has 0 heterocycles. The number of phenolic OH excluding ortho intramolecular Hbond substituents is 1. The standard InChI is InChI=1S/C15H15NO5S/c1-10-7-8-11(17)9-14(10)22(19,20)16-15(18)12-5-3-4-6-13(12)21-2/h3-9,17H,1-2H3,(H,16,18). The van der Waals surface area contributed by atoms with Gasteiger partial charge in [0.15, 0.2) is 0 Å². The van der Waals surface area contributed by atoms with Crippen molar-refractivity contribution in [1.82, 2.24) is 4.72 Å². The number of ether oxygens (including phenoxy) is 1. The Morgan fingerprint density at radius 2 is 1.86 bits per heavy atom. The van der Waals surface area contributed by atoms with Crippen LogP contribution >= 0.6 is 0 Å². The Labute approximate surface area is 128 Å². The van der Waals surface area contributed by atoms with Gasteiger partial charge in [0.2, 0.25) is 0 Å². The predicted octanol–water partition coefficient (Wildman–Crippen LogP) is 1.83. The molecule has 116 valence electrons. The maximum absolute atomic E-state index is 12.3. The molecular formula is C15H15NO5S. The molecule has 0 saturated heterocycles. The van der Waals surface area contributed by atoms with E-state index >= 15 is 0 Å². The Balaban J connectivity index is 2.36. The molecule has 0 spiro atoms. The first-order chi connectivity index (χ1) is 10.3. The van der Waals surface area contributed by atoms with Crippen LogP contribution < -0.4 is 9.46 Å². The largest absolute Gasteiger partial charge is 0.508 e. The van der Waals surface area contributed by atoms with E-state index in [9.17, 15) is 18.3 Å². The number of amides is 1. The van der Waals surface area contributed by atoms with E-state index in [-0.39, 0.29) is 22.0 Å². The van der Waals surface area contributed by atoms with Crippen molar-refractivity contribution < 1.29 is 23.1 Å². The van der Waals surface area contributed by atoms with Crippen LogP contribution in [0.25, 0.3) is 0 Å². The van der Waals surface area contributed by atoms with E-state index in [0.29, 0.717) is 5.56 Å². The first kappa shape index (κ1) is 15.8. The highest BCUT2D eigenvalue weighted by molar-refractivity contribution is 7.90. The van der Waals surface area contributed by atoms with Crippen LogP contribution in [0.1, 0.15) is 15.9 Å². The van der Waals surface area contributed by atoms with Gasteiger partial charge >= 0.3 is 0 Å². The molecule has 0 aliphatic carbocycles. The molecule has 0 bridgehead atoms. The Morgan fingerprint density at radius 3 is 2.55 bits per heavy atom. The topological polar surface area (TPSA) is 92.7 Å². The number of hydrogen-bond acceptors (Lipinski definition) is 5. The Kier molecular flexibility index (Phi) is 4.37. The van der Waals surface area contributed by atoms with Gasteiger partial charge in [-0.15, -0.1) is 0 Å². The second-order valence-corrected chi connectivity index (χ2v) is 6.24. The van der Waals surface area contributed by atoms with Gasteiger partial charge in [0.25, 0.3) is 15.9 Å². The zero-order valence-electron chi connectivity index (χ0n) is 12.0. The van der Waals surface area contributed by atoms with Crippen LogP contribution in [0, 0.1) is 6.92 Å². The molecule has 22 heavy (non-hydrogen) atoms. The molecule has 1 amide bonds. The highest BCUT2D eigenvalue weighted by Gasteiger charge is 2.22. The quantitative estimate of drug-likeness (QED) is 0.896. The van der Waals surface area contributed by atoms with Crippen molar-refractivity contribution in [1.29, 1.82) is 0 Å². The van der Waals surface area contributed by atoms with Crippen molar-refractivity contribution >= 4 is 15.9 Å². The summed E-state index contributed by atoms with van der Waals surface area (Å²) in [6, 6.07) is 10.2. The molecule has 0 unspecified atom stereocenters. The van der Waals surface area contributed by atoms with Crippen LogP contribution in [0.5, 0.6) is 11.5 Å². The number of carbonyl (C=O) groups excluding carboxylic acids is 1. The first-order valence-electron chi connectivity index (χ1n) is 6.35. The number of aromatic hydroxyl groups is 1. The first-order valence-corrected chi connectivity index (χ1v) is 7.83. The van der Waals surface area contributed by atoms with E-state index in [1.54, 1.807) is 25.1 Å². The molecule has 2 aromatic rings. The van der Waals surface area contributed by atoms with Crippen molar-refractivity contribution in [3.05, 3.63) is 53.6 Å². The number of benzene rings is 2. The summed E-state index contributed by atoms with van der Waals surface area (Å²) < 4.78 is 31.6. The van der Waals surface area contributed by atoms with Crippen molar-refractivity contribution in [2.75, 3.05) is 7.11 Å². The van der Waals surface area contributed by atoms with Crippen molar-refractivity contribution in [3.8, 4) is 11.5 Å². The minimum absolute atomic E-state index is 0.103. The SMILES string of the molecule is COc1ccccc1C(=O)NS(=O)(=O)c1cc(O)ccc1C. The van der Waals surface area contributed by atoms with Gasteiger partial charge < -0.3 is 9.84 Å². The maximum atomic E-state index is 12.3. The van der Waals surface area contributed by atoms with E-state index in [4.69, 9.17) is 4.74 Å². The number of sulfonamides is 1. The average Bonchev–Trinajstić information content (AvgIpc) is 2.49. The third kappa shape index (κ3) is 3.20. The second kappa shape index (κ2) is 6.07. The zero-order valence-corrected chi connectivity index (χ0v) is 12.8. The van der Waals surface area contributed by atoms with Gasteiger partial charge in [0.05, 0.1) is 17.6 Å². The summed E-state index contributed by atoms with van der Waals surface area (Å²) in [5.41, 5.74) is 0.518. The number of phenols is 1. The predicted molar refractivity (Wildman–Crippen MR) is 80.5 cm³/mol. The molecule has 6 nitrogen and oxygen atoms in total. The van der Waals surface area contributed by atoms with Crippen LogP contribution in [0.15, 0.2) is 47.4 Å². The fraction of sp³-hybridized carbons (Fsp3) is 0.133. The zero-order chi connectivity index (χ0) is 16.3. The van der Waals surface area contributed by atoms with Gasteiger partial charge in [-0.25, -0.2) is 13.1 Å². The molecule has 0 radical (unpaired) electrons. The molecular weight excluding hydrogens is 306 g/mol. The highest BCUT2D eigenvalue weighted by Crippen LogP contribution is 2.22. The monoisotopic (exact) mass is 321 g/mol. The third-order valence-corrected chi connectivity index (χ3v) is 4.51. The van der Waals surface area contributed by atoms with E-state index in [0.717, 1.165) is 6.07 Å². The van der Waals surface area contributed by atoms with Crippen molar-refractivity contribution in [2.45, 2.75) is 11.8 Å². The van der Waals surface area contributed by atoms with Crippen LogP contribution in [-0.4, -0.2) is 26.5 Å². The number of aryl methyl sites for hydroxylation is 1. The summed E-state index contributed by atoms with van der Waals surface area (Å²) in [4.78, 5) is 12.0. The van der Waals surface area contributed by atoms with E-state index in [1.165, 1.54) is 25.3 Å². The lowest BCUT2D eigenvalue weighted by molar-refractivity contribution is 0.0978. The number of rotatable bonds is 4. The number of methoxy groups -OCH3 is 1. The number of hydrogen-bond donors (Lipinski definition) is 2. The van der Waals surface area contributed by atoms with Crippen molar-refractivity contribution in [3.63, 3.8) is 0 Å². The second-order valence-electron chi connectivity index (χ2n) is 4.58. The van der Waals surface area contributed by atoms with Gasteiger partial charge in [0, 0.05) is 6.07 Å². The number of carbonyl (C=O) groups is 1. The maximum Gasteiger partial charge on any atom is 0.268 e. The Bertz CT molecular complexity index is 814. The van der Waals surface area contributed by atoms with Gasteiger partial charge in [-0.1, -0.05) is 18.2 Å². The van der Waals surface area contributed by atoms with Gasteiger partial charge in [0.1, 0.15) is 11.5 Å². The molecule has 2 N–H and O–H groups in total. The lowest BCUT2D eigenvalue weighted by Gasteiger charge is -2.11. The minimum atomic E-state index is -4.10. The molecule has 0 aromatic heterocycles. The molecule has 2 aromatic carbocycles. The molecule has 0 aliphatic rings. The summed E-state index contributed by atoms with van der Waals surface area (Å²) in [5, 5.41) is 9.44. The van der Waals surface area contributed by atoms with Crippen LogP contribution in [0.4, 0.5) is 0 Å². The van der Waals surface area contributed by atoms with Gasteiger partial charge in [-0.05, 0) is 30.7 Å². The summed E-state index contributed by atoms with van der Waals surface area (Å²) in [7, 11) is -2.71. The molecule has 0 aliphatic heterocycles.